The number of carbonyl (C=O) groups is 3. The molecule has 0 aromatic heterocycles. The normalized spacial score (nSPS) is 13.8. The summed E-state index contributed by atoms with van der Waals surface area (Å²) in [5.74, 6) is -2.17. The van der Waals surface area contributed by atoms with Crippen LogP contribution in [0.2, 0.25) is 0 Å². The molecule has 0 aromatic carbocycles. The van der Waals surface area contributed by atoms with Crippen LogP contribution in [0.5, 0.6) is 0 Å². The second-order valence-electron chi connectivity index (χ2n) is 3.98. The highest BCUT2D eigenvalue weighted by molar-refractivity contribution is 5.84. The van der Waals surface area contributed by atoms with Gasteiger partial charge < -0.3 is 21.9 Å². The number of carboxylic acid groups (broad SMARTS) is 1. The fraction of sp³-hybridized carbons (Fsp3) is 0.700. The molecule has 6 N–H and O–H groups in total. The minimum atomic E-state index is -1.18. The van der Waals surface area contributed by atoms with Crippen LogP contribution in [-0.4, -0.2) is 35.0 Å². The first-order valence-corrected chi connectivity index (χ1v) is 5.39. The molecular weight excluding hydrogens is 226 g/mol. The molecule has 0 rings (SSSR count). The van der Waals surface area contributed by atoms with Gasteiger partial charge in [-0.3, -0.25) is 9.59 Å². The minimum Gasteiger partial charge on any atom is -0.480 e. The van der Waals surface area contributed by atoms with E-state index in [1.807, 2.05) is 0 Å². The Balaban J connectivity index is 4.11. The lowest BCUT2D eigenvalue weighted by molar-refractivity contribution is -0.142. The summed E-state index contributed by atoms with van der Waals surface area (Å²) >= 11 is 0. The SMILES string of the molecule is CC(N)CCC(=O)NC(CCC(N)=O)C(=O)O. The quantitative estimate of drug-likeness (QED) is 0.432. The van der Waals surface area contributed by atoms with E-state index >= 15 is 0 Å². The van der Waals surface area contributed by atoms with Gasteiger partial charge in [-0.15, -0.1) is 0 Å². The molecule has 0 aliphatic rings. The zero-order valence-electron chi connectivity index (χ0n) is 9.81. The predicted molar refractivity (Wildman–Crippen MR) is 60.9 cm³/mol. The van der Waals surface area contributed by atoms with Gasteiger partial charge in [0.2, 0.25) is 11.8 Å². The summed E-state index contributed by atoms with van der Waals surface area (Å²) in [6, 6.07) is -1.20. The van der Waals surface area contributed by atoms with Crippen LogP contribution < -0.4 is 16.8 Å². The fourth-order valence-corrected chi connectivity index (χ4v) is 1.17. The summed E-state index contributed by atoms with van der Waals surface area (Å²) in [6.45, 7) is 1.76. The first kappa shape index (κ1) is 15.4. The lowest BCUT2D eigenvalue weighted by atomic mass is 10.1. The Morgan fingerprint density at radius 1 is 1.24 bits per heavy atom. The number of nitrogens with one attached hydrogen (secondary N) is 1. The molecule has 7 nitrogen and oxygen atoms in total. The van der Waals surface area contributed by atoms with Crippen LogP contribution in [0.3, 0.4) is 0 Å². The number of carbonyl (C=O) groups excluding carboxylic acids is 2. The highest BCUT2D eigenvalue weighted by Crippen LogP contribution is 2.00. The zero-order valence-corrected chi connectivity index (χ0v) is 9.81. The molecule has 0 saturated carbocycles. The van der Waals surface area contributed by atoms with Crippen LogP contribution in [0.25, 0.3) is 0 Å². The van der Waals surface area contributed by atoms with Crippen LogP contribution >= 0.6 is 0 Å². The van der Waals surface area contributed by atoms with E-state index in [4.69, 9.17) is 16.6 Å². The fourth-order valence-electron chi connectivity index (χ4n) is 1.17. The van der Waals surface area contributed by atoms with E-state index in [1.165, 1.54) is 0 Å². The summed E-state index contributed by atoms with van der Waals surface area (Å²) in [6.07, 6.45) is 0.561. The maximum absolute atomic E-state index is 11.4. The van der Waals surface area contributed by atoms with Crippen molar-refractivity contribution in [1.29, 1.82) is 0 Å². The van der Waals surface area contributed by atoms with Gasteiger partial charge in [-0.05, 0) is 19.8 Å². The van der Waals surface area contributed by atoms with Crippen molar-refractivity contribution in [2.45, 2.75) is 44.7 Å². The molecule has 0 spiro atoms. The number of primary amides is 1. The maximum Gasteiger partial charge on any atom is 0.326 e. The average molecular weight is 245 g/mol. The Morgan fingerprint density at radius 2 is 1.82 bits per heavy atom. The Morgan fingerprint density at radius 3 is 2.24 bits per heavy atom. The van der Waals surface area contributed by atoms with E-state index < -0.39 is 17.9 Å². The van der Waals surface area contributed by atoms with Crippen LogP contribution in [0.4, 0.5) is 0 Å². The molecule has 98 valence electrons. The molecule has 2 atom stereocenters. The number of rotatable bonds is 8. The van der Waals surface area contributed by atoms with Gasteiger partial charge in [0.1, 0.15) is 6.04 Å². The van der Waals surface area contributed by atoms with Gasteiger partial charge in [-0.25, -0.2) is 4.79 Å². The van der Waals surface area contributed by atoms with E-state index in [2.05, 4.69) is 5.32 Å². The van der Waals surface area contributed by atoms with Crippen molar-refractivity contribution in [1.82, 2.24) is 5.32 Å². The van der Waals surface area contributed by atoms with Crippen LogP contribution in [0.15, 0.2) is 0 Å². The summed E-state index contributed by atoms with van der Waals surface area (Å²) < 4.78 is 0. The van der Waals surface area contributed by atoms with Crippen LogP contribution in [-0.2, 0) is 14.4 Å². The van der Waals surface area contributed by atoms with E-state index in [0.29, 0.717) is 6.42 Å². The summed E-state index contributed by atoms with van der Waals surface area (Å²) in [5, 5.41) is 11.1. The minimum absolute atomic E-state index is 0.00537. The lowest BCUT2D eigenvalue weighted by Crippen LogP contribution is -2.41. The van der Waals surface area contributed by atoms with Crippen molar-refractivity contribution in [3.05, 3.63) is 0 Å². The summed E-state index contributed by atoms with van der Waals surface area (Å²) in [7, 11) is 0. The molecule has 7 heteroatoms. The lowest BCUT2D eigenvalue weighted by Gasteiger charge is -2.14. The van der Waals surface area contributed by atoms with Gasteiger partial charge in [0, 0.05) is 18.9 Å². The summed E-state index contributed by atoms with van der Waals surface area (Å²) in [5.41, 5.74) is 10.4. The van der Waals surface area contributed by atoms with Gasteiger partial charge in [0.05, 0.1) is 0 Å². The number of nitrogens with two attached hydrogens (primary N) is 2. The van der Waals surface area contributed by atoms with Gasteiger partial charge >= 0.3 is 5.97 Å². The van der Waals surface area contributed by atoms with Crippen molar-refractivity contribution < 1.29 is 19.5 Å². The summed E-state index contributed by atoms with van der Waals surface area (Å²) in [4.78, 5) is 32.7. The van der Waals surface area contributed by atoms with Crippen molar-refractivity contribution in [3.8, 4) is 0 Å². The molecule has 2 unspecified atom stereocenters. The number of hydrogen-bond donors (Lipinski definition) is 4. The molecule has 0 aromatic rings. The molecular formula is C10H19N3O4. The molecule has 0 saturated heterocycles. The Hall–Kier alpha value is -1.63. The molecule has 17 heavy (non-hydrogen) atoms. The van der Waals surface area contributed by atoms with Gasteiger partial charge in [0.25, 0.3) is 0 Å². The van der Waals surface area contributed by atoms with Gasteiger partial charge in [-0.1, -0.05) is 0 Å². The zero-order chi connectivity index (χ0) is 13.4. The maximum atomic E-state index is 11.4. The first-order valence-electron chi connectivity index (χ1n) is 5.39. The van der Waals surface area contributed by atoms with E-state index in [1.54, 1.807) is 6.92 Å². The second-order valence-corrected chi connectivity index (χ2v) is 3.98. The molecule has 0 aliphatic heterocycles. The third-order valence-electron chi connectivity index (χ3n) is 2.14. The number of amides is 2. The molecule has 0 fully saturated rings. The van der Waals surface area contributed by atoms with Gasteiger partial charge in [0.15, 0.2) is 0 Å². The molecule has 0 aliphatic carbocycles. The largest absolute Gasteiger partial charge is 0.480 e. The number of aliphatic carboxylic acids is 1. The van der Waals surface area contributed by atoms with Gasteiger partial charge in [-0.2, -0.15) is 0 Å². The Bertz CT molecular complexity index is 291. The van der Waals surface area contributed by atoms with Crippen LogP contribution in [0.1, 0.15) is 32.6 Å². The van der Waals surface area contributed by atoms with Crippen molar-refractivity contribution in [2.24, 2.45) is 11.5 Å². The third-order valence-corrected chi connectivity index (χ3v) is 2.14. The van der Waals surface area contributed by atoms with E-state index in [9.17, 15) is 14.4 Å². The van der Waals surface area contributed by atoms with Crippen molar-refractivity contribution in [3.63, 3.8) is 0 Å². The number of carboxylic acids is 1. The topological polar surface area (TPSA) is 136 Å². The highest BCUT2D eigenvalue weighted by Gasteiger charge is 2.20. The third kappa shape index (κ3) is 8.21. The van der Waals surface area contributed by atoms with Crippen LogP contribution in [0, 0.1) is 0 Å². The first-order chi connectivity index (χ1) is 7.82. The smallest absolute Gasteiger partial charge is 0.326 e. The van der Waals surface area contributed by atoms with Crippen molar-refractivity contribution in [2.75, 3.05) is 0 Å². The second kappa shape index (κ2) is 7.61. The molecule has 2 amide bonds. The molecule has 0 bridgehead atoms. The van der Waals surface area contributed by atoms with E-state index in [-0.39, 0.29) is 31.2 Å². The predicted octanol–water partition coefficient (Wildman–Crippen LogP) is -1.05. The monoisotopic (exact) mass is 245 g/mol. The molecule has 0 heterocycles. The number of hydrogen-bond acceptors (Lipinski definition) is 4. The Labute approximate surface area is 99.5 Å². The molecule has 0 radical (unpaired) electrons. The average Bonchev–Trinajstić information content (AvgIpc) is 2.20. The van der Waals surface area contributed by atoms with E-state index in [0.717, 1.165) is 0 Å². The van der Waals surface area contributed by atoms with Crippen molar-refractivity contribution >= 4 is 17.8 Å². The Kier molecular flexibility index (Phi) is 6.88. The standard InChI is InChI=1S/C10H19N3O4/c1-6(11)2-5-9(15)13-7(10(16)17)3-4-8(12)14/h6-7H,2-5,11H2,1H3,(H2,12,14)(H,13,15)(H,16,17). The highest BCUT2D eigenvalue weighted by atomic mass is 16.4.